The highest BCUT2D eigenvalue weighted by Gasteiger charge is 2.09. The van der Waals surface area contributed by atoms with Crippen molar-refractivity contribution in [2.24, 2.45) is 0 Å². The van der Waals surface area contributed by atoms with Gasteiger partial charge in [0.1, 0.15) is 0 Å². The zero-order valence-corrected chi connectivity index (χ0v) is 16.3. The molecule has 1 N–H and O–H groups in total. The number of ether oxygens (including phenoxy) is 1. The molecule has 0 saturated carbocycles. The first-order valence-corrected chi connectivity index (χ1v) is 9.76. The van der Waals surface area contributed by atoms with Crippen molar-refractivity contribution in [3.05, 3.63) is 58.0 Å². The van der Waals surface area contributed by atoms with Crippen LogP contribution in [0.4, 0.5) is 5.69 Å². The molecule has 5 nitrogen and oxygen atoms in total. The number of hydrogen-bond donors (Lipinski definition) is 1. The van der Waals surface area contributed by atoms with Crippen molar-refractivity contribution in [2.45, 2.75) is 19.3 Å². The van der Waals surface area contributed by atoms with Crippen LogP contribution in [0.25, 0.3) is 10.2 Å². The van der Waals surface area contributed by atoms with Crippen LogP contribution in [0.3, 0.4) is 0 Å². The number of esters is 1. The molecule has 0 saturated heterocycles. The monoisotopic (exact) mass is 432 g/mol. The van der Waals surface area contributed by atoms with Crippen LogP contribution >= 0.6 is 27.3 Å². The number of fused-ring (bicyclic) bond motifs is 1. The molecule has 1 aromatic heterocycles. The molecule has 0 aliphatic carbocycles. The SMILES string of the molecule is O=C(COC(=O)CCCc1nc2ccccc2s1)Nc1ccc(Br)cc1. The average molecular weight is 433 g/mol. The molecule has 0 spiro atoms. The van der Waals surface area contributed by atoms with Crippen molar-refractivity contribution < 1.29 is 14.3 Å². The van der Waals surface area contributed by atoms with Crippen LogP contribution in [-0.4, -0.2) is 23.5 Å². The molecule has 0 aliphatic rings. The topological polar surface area (TPSA) is 68.3 Å². The Morgan fingerprint density at radius 1 is 1.12 bits per heavy atom. The third-order valence-corrected chi connectivity index (χ3v) is 5.23. The summed E-state index contributed by atoms with van der Waals surface area (Å²) < 4.78 is 7.09. The van der Waals surface area contributed by atoms with Crippen molar-refractivity contribution in [3.8, 4) is 0 Å². The average Bonchev–Trinajstić information content (AvgIpc) is 3.05. The Balaban J connectivity index is 1.37. The Kier molecular flexibility index (Phi) is 6.35. The summed E-state index contributed by atoms with van der Waals surface area (Å²) in [6.07, 6.45) is 1.63. The molecule has 2 aromatic carbocycles. The summed E-state index contributed by atoms with van der Waals surface area (Å²) in [6.45, 7) is -0.282. The zero-order chi connectivity index (χ0) is 18.4. The molecule has 0 bridgehead atoms. The molecule has 26 heavy (non-hydrogen) atoms. The summed E-state index contributed by atoms with van der Waals surface area (Å²) in [5.74, 6) is -0.732. The molecule has 0 atom stereocenters. The Morgan fingerprint density at radius 2 is 1.88 bits per heavy atom. The lowest BCUT2D eigenvalue weighted by Gasteiger charge is -2.06. The van der Waals surface area contributed by atoms with Crippen LogP contribution in [0.2, 0.25) is 0 Å². The van der Waals surface area contributed by atoms with Gasteiger partial charge >= 0.3 is 5.97 Å². The first kappa shape index (κ1) is 18.5. The molecule has 1 heterocycles. The van der Waals surface area contributed by atoms with E-state index in [9.17, 15) is 9.59 Å². The van der Waals surface area contributed by atoms with Crippen molar-refractivity contribution in [1.82, 2.24) is 4.98 Å². The van der Waals surface area contributed by atoms with Crippen molar-refractivity contribution >= 4 is 55.0 Å². The first-order valence-electron chi connectivity index (χ1n) is 8.15. The number of nitrogens with zero attached hydrogens (tertiary/aromatic N) is 1. The van der Waals surface area contributed by atoms with E-state index in [0.29, 0.717) is 12.1 Å². The highest BCUT2D eigenvalue weighted by Crippen LogP contribution is 2.22. The molecular formula is C19H17BrN2O3S. The lowest BCUT2D eigenvalue weighted by atomic mass is 10.2. The number of halogens is 1. The number of carbonyl (C=O) groups excluding carboxylic acids is 2. The number of rotatable bonds is 7. The van der Waals surface area contributed by atoms with Crippen LogP contribution in [-0.2, 0) is 20.7 Å². The molecule has 7 heteroatoms. The van der Waals surface area contributed by atoms with Gasteiger partial charge in [0.25, 0.3) is 5.91 Å². The lowest BCUT2D eigenvalue weighted by Crippen LogP contribution is -2.20. The number of aryl methyl sites for hydroxylation is 1. The number of hydrogen-bond acceptors (Lipinski definition) is 5. The second-order valence-corrected chi connectivity index (χ2v) is 7.68. The number of nitrogens with one attached hydrogen (secondary N) is 1. The van der Waals surface area contributed by atoms with E-state index in [1.54, 1.807) is 23.5 Å². The van der Waals surface area contributed by atoms with E-state index < -0.39 is 0 Å². The van der Waals surface area contributed by atoms with Crippen LogP contribution in [0, 0.1) is 0 Å². The minimum atomic E-state index is -0.378. The van der Waals surface area contributed by atoms with E-state index in [0.717, 1.165) is 26.1 Å². The van der Waals surface area contributed by atoms with Gasteiger partial charge < -0.3 is 10.1 Å². The van der Waals surface area contributed by atoms with Gasteiger partial charge in [-0.1, -0.05) is 28.1 Å². The van der Waals surface area contributed by atoms with Crippen molar-refractivity contribution in [1.29, 1.82) is 0 Å². The molecule has 3 rings (SSSR count). The number of amides is 1. The molecule has 0 fully saturated rings. The van der Waals surface area contributed by atoms with Gasteiger partial charge in [0, 0.05) is 16.6 Å². The minimum absolute atomic E-state index is 0.265. The first-order chi connectivity index (χ1) is 12.6. The van der Waals surface area contributed by atoms with E-state index in [-0.39, 0.29) is 24.9 Å². The van der Waals surface area contributed by atoms with Gasteiger partial charge in [-0.2, -0.15) is 0 Å². The number of para-hydroxylation sites is 1. The maximum absolute atomic E-state index is 11.8. The van der Waals surface area contributed by atoms with Crippen LogP contribution in [0.5, 0.6) is 0 Å². The van der Waals surface area contributed by atoms with Crippen LogP contribution in [0.15, 0.2) is 53.0 Å². The molecule has 0 radical (unpaired) electrons. The largest absolute Gasteiger partial charge is 0.456 e. The third kappa shape index (κ3) is 5.37. The Bertz CT molecular complexity index is 876. The van der Waals surface area contributed by atoms with Crippen molar-refractivity contribution in [2.75, 3.05) is 11.9 Å². The van der Waals surface area contributed by atoms with E-state index in [2.05, 4.69) is 26.2 Å². The summed E-state index contributed by atoms with van der Waals surface area (Å²) in [5, 5.41) is 3.68. The predicted molar refractivity (Wildman–Crippen MR) is 106 cm³/mol. The minimum Gasteiger partial charge on any atom is -0.456 e. The zero-order valence-electron chi connectivity index (χ0n) is 13.9. The van der Waals surface area contributed by atoms with Gasteiger partial charge in [0.15, 0.2) is 6.61 Å². The lowest BCUT2D eigenvalue weighted by molar-refractivity contribution is -0.147. The van der Waals surface area contributed by atoms with E-state index in [1.807, 2.05) is 36.4 Å². The Morgan fingerprint density at radius 3 is 2.65 bits per heavy atom. The predicted octanol–water partition coefficient (Wildman–Crippen LogP) is 4.56. The van der Waals surface area contributed by atoms with Gasteiger partial charge in [-0.15, -0.1) is 11.3 Å². The van der Waals surface area contributed by atoms with Gasteiger partial charge in [-0.05, 0) is 49.2 Å². The molecule has 3 aromatic rings. The van der Waals surface area contributed by atoms with Gasteiger partial charge in [0.2, 0.25) is 0 Å². The molecular weight excluding hydrogens is 416 g/mol. The number of thiazole rings is 1. The van der Waals surface area contributed by atoms with Crippen molar-refractivity contribution in [3.63, 3.8) is 0 Å². The quantitative estimate of drug-likeness (QED) is 0.555. The van der Waals surface area contributed by atoms with Crippen LogP contribution in [0.1, 0.15) is 17.8 Å². The van der Waals surface area contributed by atoms with E-state index >= 15 is 0 Å². The number of benzene rings is 2. The highest BCUT2D eigenvalue weighted by atomic mass is 79.9. The fourth-order valence-electron chi connectivity index (χ4n) is 2.36. The summed E-state index contributed by atoms with van der Waals surface area (Å²) in [6, 6.07) is 15.1. The maximum atomic E-state index is 11.8. The molecule has 1 amide bonds. The molecule has 134 valence electrons. The fraction of sp³-hybridized carbons (Fsp3) is 0.211. The Hall–Kier alpha value is -2.25. The van der Waals surface area contributed by atoms with E-state index in [4.69, 9.17) is 4.74 Å². The van der Waals surface area contributed by atoms with Gasteiger partial charge in [0.05, 0.1) is 15.2 Å². The number of carbonyl (C=O) groups is 2. The Labute approximate surface area is 163 Å². The second-order valence-electron chi connectivity index (χ2n) is 5.64. The second kappa shape index (κ2) is 8.91. The third-order valence-electron chi connectivity index (χ3n) is 3.60. The molecule has 0 aliphatic heterocycles. The highest BCUT2D eigenvalue weighted by molar-refractivity contribution is 9.10. The van der Waals surface area contributed by atoms with Gasteiger partial charge in [-0.25, -0.2) is 4.98 Å². The van der Waals surface area contributed by atoms with Crippen LogP contribution < -0.4 is 5.32 Å². The summed E-state index contributed by atoms with van der Waals surface area (Å²) in [7, 11) is 0. The summed E-state index contributed by atoms with van der Waals surface area (Å²) in [5.41, 5.74) is 1.64. The smallest absolute Gasteiger partial charge is 0.306 e. The van der Waals surface area contributed by atoms with E-state index in [1.165, 1.54) is 0 Å². The van der Waals surface area contributed by atoms with Gasteiger partial charge in [-0.3, -0.25) is 9.59 Å². The normalized spacial score (nSPS) is 10.7. The number of aromatic nitrogens is 1. The fourth-order valence-corrected chi connectivity index (χ4v) is 3.63. The molecule has 0 unspecified atom stereocenters. The standard InChI is InChI=1S/C19H17BrN2O3S/c20-13-8-10-14(11-9-13)21-17(23)12-25-19(24)7-3-6-18-22-15-4-1-2-5-16(15)26-18/h1-2,4-5,8-11H,3,6-7,12H2,(H,21,23). The summed E-state index contributed by atoms with van der Waals surface area (Å²) >= 11 is 4.97. The summed E-state index contributed by atoms with van der Waals surface area (Å²) in [4.78, 5) is 28.1. The number of anilines is 1. The maximum Gasteiger partial charge on any atom is 0.306 e.